The van der Waals surface area contributed by atoms with Crippen LogP contribution in [0.3, 0.4) is 0 Å². The molecule has 4 rings (SSSR count). The third-order valence-electron chi connectivity index (χ3n) is 5.61. The molecule has 0 saturated carbocycles. The fourth-order valence-corrected chi connectivity index (χ4v) is 4.19. The highest BCUT2D eigenvalue weighted by molar-refractivity contribution is 5.41. The Balaban J connectivity index is 1.86. The van der Waals surface area contributed by atoms with Gasteiger partial charge in [-0.05, 0) is 68.8 Å². The minimum atomic E-state index is -0.498. The van der Waals surface area contributed by atoms with Gasteiger partial charge < -0.3 is 14.1 Å². The van der Waals surface area contributed by atoms with Crippen molar-refractivity contribution in [1.29, 1.82) is 0 Å². The van der Waals surface area contributed by atoms with Crippen LogP contribution in [-0.4, -0.2) is 27.7 Å². The number of benzene rings is 1. The zero-order chi connectivity index (χ0) is 20.4. The average Bonchev–Trinajstić information content (AvgIpc) is 3.22. The first kappa shape index (κ1) is 19.5. The van der Waals surface area contributed by atoms with Gasteiger partial charge in [0.15, 0.2) is 0 Å². The summed E-state index contributed by atoms with van der Waals surface area (Å²) >= 11 is 0. The van der Waals surface area contributed by atoms with Crippen LogP contribution in [0.25, 0.3) is 0 Å². The van der Waals surface area contributed by atoms with E-state index in [-0.39, 0.29) is 29.2 Å². The molecule has 1 atom stereocenters. The number of aromatic nitrogens is 1. The number of hydrogen-bond acceptors (Lipinski definition) is 4. The van der Waals surface area contributed by atoms with E-state index < -0.39 is 6.04 Å². The molecule has 1 aliphatic rings. The highest BCUT2D eigenvalue weighted by atomic mass is 19.1. The van der Waals surface area contributed by atoms with Crippen LogP contribution < -0.4 is 5.56 Å². The van der Waals surface area contributed by atoms with Gasteiger partial charge >= 0.3 is 0 Å². The fourth-order valence-electron chi connectivity index (χ4n) is 4.19. The van der Waals surface area contributed by atoms with Crippen molar-refractivity contribution in [2.75, 3.05) is 13.1 Å². The van der Waals surface area contributed by atoms with Crippen molar-refractivity contribution in [2.45, 2.75) is 38.8 Å². The Bertz CT molecular complexity index is 1040. The molecule has 1 aliphatic heterocycles. The number of rotatable bonds is 5. The summed E-state index contributed by atoms with van der Waals surface area (Å²) in [6.45, 7) is 3.66. The van der Waals surface area contributed by atoms with Crippen molar-refractivity contribution in [3.05, 3.63) is 87.5 Å². The zero-order valence-corrected chi connectivity index (χ0v) is 16.5. The number of piperidine rings is 1. The van der Waals surface area contributed by atoms with E-state index in [0.717, 1.165) is 32.4 Å². The van der Waals surface area contributed by atoms with Gasteiger partial charge in [0.25, 0.3) is 5.56 Å². The first-order valence-corrected chi connectivity index (χ1v) is 10.00. The van der Waals surface area contributed by atoms with Gasteiger partial charge in [-0.2, -0.15) is 0 Å². The van der Waals surface area contributed by atoms with E-state index in [9.17, 15) is 14.3 Å². The predicted octanol–water partition coefficient (Wildman–Crippen LogP) is 4.22. The topological polar surface area (TPSA) is 58.6 Å². The summed E-state index contributed by atoms with van der Waals surface area (Å²) in [5.41, 5.74) is 1.32. The Morgan fingerprint density at radius 2 is 1.93 bits per heavy atom. The summed E-state index contributed by atoms with van der Waals surface area (Å²) in [6, 6.07) is 11.0. The number of likely N-dealkylation sites (tertiary alicyclic amines) is 1. The smallest absolute Gasteiger partial charge is 0.260 e. The van der Waals surface area contributed by atoms with Crippen LogP contribution >= 0.6 is 0 Å². The number of nitrogens with zero attached hydrogens (tertiary/aromatic N) is 2. The summed E-state index contributed by atoms with van der Waals surface area (Å²) in [6.07, 6.45) is 4.73. The van der Waals surface area contributed by atoms with E-state index in [2.05, 4.69) is 4.90 Å². The van der Waals surface area contributed by atoms with Crippen LogP contribution in [-0.2, 0) is 6.54 Å². The predicted molar refractivity (Wildman–Crippen MR) is 109 cm³/mol. The second-order valence-corrected chi connectivity index (χ2v) is 7.61. The maximum atomic E-state index is 14.0. The molecule has 0 spiro atoms. The number of aromatic hydroxyl groups is 1. The SMILES string of the molecule is Cc1cc(O)c([C@H](c2cccc(F)c2)N2CCCCC2)c(=O)n1Cc1ccco1. The van der Waals surface area contributed by atoms with Gasteiger partial charge in [-0.3, -0.25) is 9.69 Å². The molecule has 1 N–H and O–H groups in total. The van der Waals surface area contributed by atoms with Gasteiger partial charge in [0.2, 0.25) is 0 Å². The molecule has 29 heavy (non-hydrogen) atoms. The molecule has 0 aliphatic carbocycles. The standard InChI is InChI=1S/C23H25FN2O3/c1-16-13-20(27)21(23(28)26(16)15-19-9-6-12-29-19)22(25-10-3-2-4-11-25)17-7-5-8-18(24)14-17/h5-9,12-14,22,27H,2-4,10-11,15H2,1H3/t22-/m0/s1. The molecule has 1 saturated heterocycles. The molecule has 3 heterocycles. The summed E-state index contributed by atoms with van der Waals surface area (Å²) in [5, 5.41) is 10.8. The normalized spacial score (nSPS) is 16.1. The number of halogens is 1. The lowest BCUT2D eigenvalue weighted by atomic mass is 9.94. The lowest BCUT2D eigenvalue weighted by Gasteiger charge is -2.35. The van der Waals surface area contributed by atoms with Crippen molar-refractivity contribution < 1.29 is 13.9 Å². The Labute approximate surface area is 169 Å². The highest BCUT2D eigenvalue weighted by Gasteiger charge is 2.30. The number of pyridine rings is 1. The fraction of sp³-hybridized carbons (Fsp3) is 0.348. The average molecular weight is 396 g/mol. The molecule has 0 bridgehead atoms. The Morgan fingerprint density at radius 3 is 2.62 bits per heavy atom. The van der Waals surface area contributed by atoms with E-state index >= 15 is 0 Å². The van der Waals surface area contributed by atoms with Crippen LogP contribution in [0.5, 0.6) is 5.75 Å². The van der Waals surface area contributed by atoms with Crippen LogP contribution in [0.4, 0.5) is 4.39 Å². The van der Waals surface area contributed by atoms with E-state index in [1.165, 1.54) is 12.1 Å². The van der Waals surface area contributed by atoms with Crippen molar-refractivity contribution in [1.82, 2.24) is 9.47 Å². The Hall–Kier alpha value is -2.86. The Kier molecular flexibility index (Phi) is 5.53. The van der Waals surface area contributed by atoms with Crippen LogP contribution in [0.15, 0.2) is 57.9 Å². The molecule has 5 nitrogen and oxygen atoms in total. The monoisotopic (exact) mass is 396 g/mol. The third kappa shape index (κ3) is 3.98. The van der Waals surface area contributed by atoms with Gasteiger partial charge in [-0.25, -0.2) is 4.39 Å². The van der Waals surface area contributed by atoms with Gasteiger partial charge in [0, 0.05) is 5.69 Å². The van der Waals surface area contributed by atoms with Gasteiger partial charge in [-0.1, -0.05) is 18.6 Å². The summed E-state index contributed by atoms with van der Waals surface area (Å²) in [5.74, 6) is 0.252. The minimum Gasteiger partial charge on any atom is -0.507 e. The molecule has 0 amide bonds. The lowest BCUT2D eigenvalue weighted by Crippen LogP contribution is -2.38. The second-order valence-electron chi connectivity index (χ2n) is 7.61. The van der Waals surface area contributed by atoms with E-state index in [4.69, 9.17) is 4.42 Å². The van der Waals surface area contributed by atoms with Gasteiger partial charge in [0.05, 0.1) is 24.4 Å². The molecule has 6 heteroatoms. The molecule has 1 fully saturated rings. The van der Waals surface area contributed by atoms with Gasteiger partial charge in [-0.15, -0.1) is 0 Å². The molecule has 2 aromatic heterocycles. The maximum Gasteiger partial charge on any atom is 0.260 e. The number of aryl methyl sites for hydroxylation is 1. The zero-order valence-electron chi connectivity index (χ0n) is 16.5. The lowest BCUT2D eigenvalue weighted by molar-refractivity contribution is 0.183. The molecule has 152 valence electrons. The third-order valence-corrected chi connectivity index (χ3v) is 5.61. The minimum absolute atomic E-state index is 0.0528. The first-order valence-electron chi connectivity index (χ1n) is 10.00. The Morgan fingerprint density at radius 1 is 1.14 bits per heavy atom. The summed E-state index contributed by atoms with van der Waals surface area (Å²) < 4.78 is 21.0. The van der Waals surface area contributed by atoms with Crippen molar-refractivity contribution in [3.8, 4) is 5.75 Å². The van der Waals surface area contributed by atoms with Gasteiger partial charge in [0.1, 0.15) is 17.3 Å². The summed E-state index contributed by atoms with van der Waals surface area (Å²) in [7, 11) is 0. The molecule has 1 aromatic carbocycles. The number of furan rings is 1. The maximum absolute atomic E-state index is 14.0. The molecule has 0 unspecified atom stereocenters. The molecular weight excluding hydrogens is 371 g/mol. The van der Waals surface area contributed by atoms with Crippen LogP contribution in [0, 0.1) is 12.7 Å². The second kappa shape index (κ2) is 8.25. The van der Waals surface area contributed by atoms with Crippen molar-refractivity contribution in [3.63, 3.8) is 0 Å². The van der Waals surface area contributed by atoms with Crippen molar-refractivity contribution in [2.24, 2.45) is 0 Å². The largest absolute Gasteiger partial charge is 0.507 e. The van der Waals surface area contributed by atoms with Crippen LogP contribution in [0.1, 0.15) is 47.9 Å². The highest BCUT2D eigenvalue weighted by Crippen LogP contribution is 2.34. The van der Waals surface area contributed by atoms with E-state index in [0.29, 0.717) is 17.0 Å². The summed E-state index contributed by atoms with van der Waals surface area (Å²) in [4.78, 5) is 15.7. The van der Waals surface area contributed by atoms with E-state index in [1.807, 2.05) is 12.1 Å². The van der Waals surface area contributed by atoms with Crippen molar-refractivity contribution >= 4 is 0 Å². The van der Waals surface area contributed by atoms with Crippen LogP contribution in [0.2, 0.25) is 0 Å². The quantitative estimate of drug-likeness (QED) is 0.702. The molecule has 0 radical (unpaired) electrons. The molecule has 3 aromatic rings. The number of hydrogen-bond donors (Lipinski definition) is 1. The van der Waals surface area contributed by atoms with E-state index in [1.54, 1.807) is 36.0 Å². The molecular formula is C23H25FN2O3. The first-order chi connectivity index (χ1) is 14.0.